The molecule has 0 saturated carbocycles. The zero-order chi connectivity index (χ0) is 15.4. The molecule has 0 unspecified atom stereocenters. The summed E-state index contributed by atoms with van der Waals surface area (Å²) in [6.45, 7) is 10.1. The number of halogens is 1. The first kappa shape index (κ1) is 16.5. The van der Waals surface area contributed by atoms with Gasteiger partial charge < -0.3 is 10.1 Å². The maximum Gasteiger partial charge on any atom is 0.125 e. The van der Waals surface area contributed by atoms with Gasteiger partial charge in [0.2, 0.25) is 0 Å². The lowest BCUT2D eigenvalue weighted by Crippen LogP contribution is -2.21. The molecule has 1 aromatic carbocycles. The fourth-order valence-corrected chi connectivity index (χ4v) is 3.64. The highest BCUT2D eigenvalue weighted by Gasteiger charge is 2.09. The van der Waals surface area contributed by atoms with E-state index in [1.807, 2.05) is 0 Å². The molecule has 0 aliphatic heterocycles. The Kier molecular flexibility index (Phi) is 5.85. The Hall–Kier alpha value is -0.840. The van der Waals surface area contributed by atoms with Crippen molar-refractivity contribution >= 4 is 27.3 Å². The van der Waals surface area contributed by atoms with Gasteiger partial charge in [-0.3, -0.25) is 0 Å². The SMILES string of the molecule is Cc1cc(CNC(C)C)cc(C)c1OCc1sccc1Br. The molecule has 0 bridgehead atoms. The van der Waals surface area contributed by atoms with Crippen LogP contribution in [0.4, 0.5) is 0 Å². The molecule has 0 aliphatic rings. The molecule has 0 spiro atoms. The van der Waals surface area contributed by atoms with Crippen molar-refractivity contribution in [1.29, 1.82) is 0 Å². The van der Waals surface area contributed by atoms with Crippen LogP contribution in [0.3, 0.4) is 0 Å². The van der Waals surface area contributed by atoms with E-state index in [1.54, 1.807) is 11.3 Å². The summed E-state index contributed by atoms with van der Waals surface area (Å²) in [6.07, 6.45) is 0. The minimum atomic E-state index is 0.498. The lowest BCUT2D eigenvalue weighted by molar-refractivity contribution is 0.304. The van der Waals surface area contributed by atoms with Gasteiger partial charge >= 0.3 is 0 Å². The highest BCUT2D eigenvalue weighted by molar-refractivity contribution is 9.10. The average molecular weight is 368 g/mol. The van der Waals surface area contributed by atoms with Crippen molar-refractivity contribution in [3.05, 3.63) is 49.6 Å². The maximum atomic E-state index is 6.03. The number of hydrogen-bond acceptors (Lipinski definition) is 3. The fraction of sp³-hybridized carbons (Fsp3) is 0.412. The molecule has 0 radical (unpaired) electrons. The first-order valence-electron chi connectivity index (χ1n) is 7.15. The first-order chi connectivity index (χ1) is 9.97. The van der Waals surface area contributed by atoms with Gasteiger partial charge in [0.05, 0.1) is 4.88 Å². The summed E-state index contributed by atoms with van der Waals surface area (Å²) in [5.41, 5.74) is 3.70. The number of aryl methyl sites for hydroxylation is 2. The van der Waals surface area contributed by atoms with Gasteiger partial charge in [-0.2, -0.15) is 0 Å². The lowest BCUT2D eigenvalue weighted by atomic mass is 10.1. The Balaban J connectivity index is 2.08. The van der Waals surface area contributed by atoms with Gasteiger partial charge in [0.15, 0.2) is 0 Å². The van der Waals surface area contributed by atoms with E-state index in [2.05, 4.69) is 72.5 Å². The molecular weight excluding hydrogens is 346 g/mol. The minimum absolute atomic E-state index is 0.498. The lowest BCUT2D eigenvalue weighted by Gasteiger charge is -2.15. The first-order valence-corrected chi connectivity index (χ1v) is 8.83. The maximum absolute atomic E-state index is 6.03. The molecular formula is C17H22BrNOS. The van der Waals surface area contributed by atoms with E-state index in [1.165, 1.54) is 21.6 Å². The smallest absolute Gasteiger partial charge is 0.125 e. The summed E-state index contributed by atoms with van der Waals surface area (Å²) >= 11 is 5.26. The van der Waals surface area contributed by atoms with E-state index in [4.69, 9.17) is 4.74 Å². The van der Waals surface area contributed by atoms with Gasteiger partial charge in [-0.1, -0.05) is 26.0 Å². The van der Waals surface area contributed by atoms with Crippen LogP contribution in [0.25, 0.3) is 0 Å². The molecule has 0 fully saturated rings. The predicted octanol–water partition coefficient (Wildman–Crippen LogP) is 5.20. The zero-order valence-electron chi connectivity index (χ0n) is 13.0. The van der Waals surface area contributed by atoms with E-state index >= 15 is 0 Å². The van der Waals surface area contributed by atoms with Crippen LogP contribution in [-0.4, -0.2) is 6.04 Å². The van der Waals surface area contributed by atoms with Crippen molar-refractivity contribution in [3.8, 4) is 5.75 Å². The van der Waals surface area contributed by atoms with Gasteiger partial charge in [0.1, 0.15) is 12.4 Å². The van der Waals surface area contributed by atoms with Crippen molar-refractivity contribution in [2.24, 2.45) is 0 Å². The Morgan fingerprint density at radius 1 is 1.24 bits per heavy atom. The Bertz CT molecular complexity index is 584. The van der Waals surface area contributed by atoms with Crippen LogP contribution in [-0.2, 0) is 13.2 Å². The van der Waals surface area contributed by atoms with Crippen LogP contribution in [0.5, 0.6) is 5.75 Å². The molecule has 21 heavy (non-hydrogen) atoms. The van der Waals surface area contributed by atoms with Gasteiger partial charge in [0.25, 0.3) is 0 Å². The molecule has 0 saturated heterocycles. The Morgan fingerprint density at radius 3 is 2.43 bits per heavy atom. The summed E-state index contributed by atoms with van der Waals surface area (Å²) in [6, 6.07) is 6.98. The van der Waals surface area contributed by atoms with Crippen LogP contribution in [0.1, 0.15) is 35.4 Å². The highest BCUT2D eigenvalue weighted by atomic mass is 79.9. The van der Waals surface area contributed by atoms with Crippen molar-refractivity contribution < 1.29 is 4.74 Å². The Labute approximate surface area is 139 Å². The van der Waals surface area contributed by atoms with Crippen LogP contribution in [0.15, 0.2) is 28.1 Å². The molecule has 2 nitrogen and oxygen atoms in total. The number of benzene rings is 1. The van der Waals surface area contributed by atoms with Crippen LogP contribution in [0, 0.1) is 13.8 Å². The number of rotatable bonds is 6. The summed E-state index contributed by atoms with van der Waals surface area (Å²) < 4.78 is 7.16. The fourth-order valence-electron chi connectivity index (χ4n) is 2.26. The highest BCUT2D eigenvalue weighted by Crippen LogP contribution is 2.28. The normalized spacial score (nSPS) is 11.1. The summed E-state index contributed by atoms with van der Waals surface area (Å²) in [5, 5.41) is 5.52. The second kappa shape index (κ2) is 7.43. The van der Waals surface area contributed by atoms with E-state index in [0.29, 0.717) is 12.6 Å². The third-order valence-electron chi connectivity index (χ3n) is 3.27. The number of thiophene rings is 1. The topological polar surface area (TPSA) is 21.3 Å². The number of hydrogen-bond donors (Lipinski definition) is 1. The van der Waals surface area contributed by atoms with Gasteiger partial charge in [-0.25, -0.2) is 0 Å². The monoisotopic (exact) mass is 367 g/mol. The second-order valence-electron chi connectivity index (χ2n) is 5.57. The van der Waals surface area contributed by atoms with Crippen molar-refractivity contribution in [2.45, 2.75) is 46.9 Å². The van der Waals surface area contributed by atoms with Gasteiger partial charge in [0, 0.05) is 17.1 Å². The minimum Gasteiger partial charge on any atom is -0.487 e. The van der Waals surface area contributed by atoms with Gasteiger partial charge in [-0.15, -0.1) is 11.3 Å². The Morgan fingerprint density at radius 2 is 1.90 bits per heavy atom. The quantitative estimate of drug-likeness (QED) is 0.756. The van der Waals surface area contributed by atoms with Crippen LogP contribution >= 0.6 is 27.3 Å². The predicted molar refractivity (Wildman–Crippen MR) is 94.2 cm³/mol. The molecule has 2 aromatic rings. The summed E-state index contributed by atoms with van der Waals surface area (Å²) in [7, 11) is 0. The molecule has 0 amide bonds. The number of ether oxygens (including phenoxy) is 1. The van der Waals surface area contributed by atoms with Crippen LogP contribution < -0.4 is 10.1 Å². The van der Waals surface area contributed by atoms with E-state index in [9.17, 15) is 0 Å². The molecule has 2 rings (SSSR count). The van der Waals surface area contributed by atoms with E-state index in [-0.39, 0.29) is 0 Å². The molecule has 1 N–H and O–H groups in total. The molecule has 0 aliphatic carbocycles. The third-order valence-corrected chi connectivity index (χ3v) is 5.17. The van der Waals surface area contributed by atoms with Crippen molar-refractivity contribution in [2.75, 3.05) is 0 Å². The van der Waals surface area contributed by atoms with E-state index in [0.717, 1.165) is 16.8 Å². The third kappa shape index (κ3) is 4.56. The zero-order valence-corrected chi connectivity index (χ0v) is 15.4. The summed E-state index contributed by atoms with van der Waals surface area (Å²) in [5.74, 6) is 1.00. The summed E-state index contributed by atoms with van der Waals surface area (Å²) in [4.78, 5) is 1.22. The van der Waals surface area contributed by atoms with Gasteiger partial charge in [-0.05, 0) is 57.9 Å². The van der Waals surface area contributed by atoms with E-state index < -0.39 is 0 Å². The average Bonchev–Trinajstić information content (AvgIpc) is 2.81. The largest absolute Gasteiger partial charge is 0.487 e. The molecule has 1 aromatic heterocycles. The molecule has 1 heterocycles. The second-order valence-corrected chi connectivity index (χ2v) is 7.43. The molecule has 114 valence electrons. The van der Waals surface area contributed by atoms with Crippen LogP contribution in [0.2, 0.25) is 0 Å². The standard InChI is InChI=1S/C17H22BrNOS/c1-11(2)19-9-14-7-12(3)17(13(4)8-14)20-10-16-15(18)5-6-21-16/h5-8,11,19H,9-10H2,1-4H3. The molecule has 0 atom stereocenters. The molecule has 4 heteroatoms. The van der Waals surface area contributed by atoms with Crippen molar-refractivity contribution in [1.82, 2.24) is 5.32 Å². The number of nitrogens with one attached hydrogen (secondary N) is 1. The van der Waals surface area contributed by atoms with Crippen molar-refractivity contribution in [3.63, 3.8) is 0 Å².